The third-order valence-electron chi connectivity index (χ3n) is 5.76. The average molecular weight is 381 g/mol. The van der Waals surface area contributed by atoms with E-state index in [1.807, 2.05) is 33.8 Å². The molecule has 0 saturated heterocycles. The number of nitrogens with zero attached hydrogens (tertiary/aromatic N) is 6. The van der Waals surface area contributed by atoms with Crippen LogP contribution in [0.25, 0.3) is 15.9 Å². The summed E-state index contributed by atoms with van der Waals surface area (Å²) < 4.78 is 3.89. The zero-order chi connectivity index (χ0) is 18.5. The van der Waals surface area contributed by atoms with Gasteiger partial charge < -0.3 is 0 Å². The Morgan fingerprint density at radius 1 is 1.26 bits per heavy atom. The van der Waals surface area contributed by atoms with E-state index in [2.05, 4.69) is 35.1 Å². The molecule has 5 rings (SSSR count). The van der Waals surface area contributed by atoms with Crippen LogP contribution in [0.15, 0.2) is 12.4 Å². The van der Waals surface area contributed by atoms with E-state index in [9.17, 15) is 0 Å². The molecule has 0 radical (unpaired) electrons. The second-order valence-corrected chi connectivity index (χ2v) is 8.73. The molecule has 1 aliphatic carbocycles. The highest BCUT2D eigenvalue weighted by Gasteiger charge is 2.24. The Balaban J connectivity index is 1.50. The summed E-state index contributed by atoms with van der Waals surface area (Å²) in [5.74, 6) is 1.68. The molecular weight excluding hydrogens is 356 g/mol. The lowest BCUT2D eigenvalue weighted by atomic mass is 9.86. The molecule has 1 aliphatic rings. The summed E-state index contributed by atoms with van der Waals surface area (Å²) in [7, 11) is 0. The fourth-order valence-electron chi connectivity index (χ4n) is 4.25. The molecule has 0 fully saturated rings. The molecule has 1 atom stereocenters. The Labute approximate surface area is 162 Å². The summed E-state index contributed by atoms with van der Waals surface area (Å²) in [5, 5.41) is 10.5. The van der Waals surface area contributed by atoms with Crippen molar-refractivity contribution in [3.63, 3.8) is 0 Å². The SMILES string of the molecule is CC[C@H]1CCc2c(sc3ncn4nc(CCn5nc(C)cc5C)nc4c23)C1. The van der Waals surface area contributed by atoms with Gasteiger partial charge in [0.1, 0.15) is 11.2 Å². The van der Waals surface area contributed by atoms with Crippen molar-refractivity contribution >= 4 is 27.2 Å². The van der Waals surface area contributed by atoms with Crippen LogP contribution in [0.1, 0.15) is 47.4 Å². The van der Waals surface area contributed by atoms with E-state index in [1.165, 1.54) is 40.8 Å². The van der Waals surface area contributed by atoms with Crippen LogP contribution in [0.3, 0.4) is 0 Å². The quantitative estimate of drug-likeness (QED) is 0.538. The lowest BCUT2D eigenvalue weighted by Crippen LogP contribution is -2.11. The first-order chi connectivity index (χ1) is 13.1. The number of hydrogen-bond acceptors (Lipinski definition) is 5. The molecule has 0 amide bonds. The topological polar surface area (TPSA) is 60.9 Å². The first-order valence-corrected chi connectivity index (χ1v) is 10.6. The maximum atomic E-state index is 4.89. The zero-order valence-electron chi connectivity index (χ0n) is 16.1. The van der Waals surface area contributed by atoms with Crippen molar-refractivity contribution in [1.29, 1.82) is 0 Å². The van der Waals surface area contributed by atoms with Crippen molar-refractivity contribution in [1.82, 2.24) is 29.4 Å². The van der Waals surface area contributed by atoms with Gasteiger partial charge in [0, 0.05) is 23.5 Å². The minimum atomic E-state index is 0.773. The Bertz CT molecular complexity index is 1130. The molecule has 0 spiro atoms. The first kappa shape index (κ1) is 16.9. The predicted octanol–water partition coefficient (Wildman–Crippen LogP) is 3.91. The Kier molecular flexibility index (Phi) is 4.00. The maximum Gasteiger partial charge on any atom is 0.167 e. The summed E-state index contributed by atoms with van der Waals surface area (Å²) in [5.41, 5.74) is 4.67. The van der Waals surface area contributed by atoms with Crippen molar-refractivity contribution in [3.8, 4) is 0 Å². The minimum Gasteiger partial charge on any atom is -0.269 e. The van der Waals surface area contributed by atoms with E-state index in [0.717, 1.165) is 47.3 Å². The second kappa shape index (κ2) is 6.41. The van der Waals surface area contributed by atoms with Gasteiger partial charge in [0.25, 0.3) is 0 Å². The second-order valence-electron chi connectivity index (χ2n) is 7.64. The van der Waals surface area contributed by atoms with Gasteiger partial charge in [-0.15, -0.1) is 16.4 Å². The average Bonchev–Trinajstić information content (AvgIpc) is 3.32. The van der Waals surface area contributed by atoms with Gasteiger partial charge in [-0.3, -0.25) is 4.68 Å². The highest BCUT2D eigenvalue weighted by Crippen LogP contribution is 2.39. The Morgan fingerprint density at radius 3 is 2.93 bits per heavy atom. The monoisotopic (exact) mass is 380 g/mol. The van der Waals surface area contributed by atoms with Crippen molar-refractivity contribution in [2.45, 2.75) is 59.4 Å². The van der Waals surface area contributed by atoms with Gasteiger partial charge in [0.2, 0.25) is 0 Å². The van der Waals surface area contributed by atoms with Crippen LogP contribution in [0.4, 0.5) is 0 Å². The van der Waals surface area contributed by atoms with Crippen molar-refractivity contribution in [2.75, 3.05) is 0 Å². The third-order valence-corrected chi connectivity index (χ3v) is 6.92. The normalized spacial score (nSPS) is 17.1. The van der Waals surface area contributed by atoms with E-state index in [0.29, 0.717) is 0 Å². The maximum absolute atomic E-state index is 4.89. The summed E-state index contributed by atoms with van der Waals surface area (Å²) >= 11 is 1.85. The van der Waals surface area contributed by atoms with Crippen LogP contribution in [0.2, 0.25) is 0 Å². The highest BCUT2D eigenvalue weighted by molar-refractivity contribution is 7.19. The van der Waals surface area contributed by atoms with Crippen LogP contribution >= 0.6 is 11.3 Å². The standard InChI is InChI=1S/C20H24N6S/c1-4-14-5-6-15-16(10-14)27-20-18(15)19-22-17(24-26(19)11-21-20)7-8-25-13(3)9-12(2)23-25/h9,11,14H,4-8,10H2,1-3H3/t14-/m0/s1. The van der Waals surface area contributed by atoms with E-state index < -0.39 is 0 Å². The van der Waals surface area contributed by atoms with Gasteiger partial charge in [0.05, 0.1) is 11.1 Å². The summed E-state index contributed by atoms with van der Waals surface area (Å²) in [6.07, 6.45) is 7.46. The van der Waals surface area contributed by atoms with Gasteiger partial charge in [-0.05, 0) is 50.7 Å². The summed E-state index contributed by atoms with van der Waals surface area (Å²) in [4.78, 5) is 12.2. The molecule has 4 aromatic rings. The number of aromatic nitrogens is 6. The van der Waals surface area contributed by atoms with Crippen molar-refractivity contribution < 1.29 is 0 Å². The van der Waals surface area contributed by atoms with E-state index >= 15 is 0 Å². The molecule has 4 heterocycles. The Hall–Kier alpha value is -2.28. The molecule has 0 aliphatic heterocycles. The molecule has 0 N–H and O–H groups in total. The number of rotatable bonds is 4. The van der Waals surface area contributed by atoms with Gasteiger partial charge >= 0.3 is 0 Å². The van der Waals surface area contributed by atoms with Crippen molar-refractivity contribution in [2.24, 2.45) is 5.92 Å². The van der Waals surface area contributed by atoms with Crippen LogP contribution in [0, 0.1) is 19.8 Å². The first-order valence-electron chi connectivity index (χ1n) is 9.78. The molecule has 0 unspecified atom stereocenters. The Morgan fingerprint density at radius 2 is 2.15 bits per heavy atom. The van der Waals surface area contributed by atoms with Crippen LogP contribution in [-0.2, 0) is 25.8 Å². The summed E-state index contributed by atoms with van der Waals surface area (Å²) in [6, 6.07) is 2.10. The molecule has 0 bridgehead atoms. The lowest BCUT2D eigenvalue weighted by Gasteiger charge is -2.20. The van der Waals surface area contributed by atoms with E-state index in [4.69, 9.17) is 4.98 Å². The fraction of sp³-hybridized carbons (Fsp3) is 0.500. The van der Waals surface area contributed by atoms with Crippen molar-refractivity contribution in [3.05, 3.63) is 40.0 Å². The third kappa shape index (κ3) is 2.84. The van der Waals surface area contributed by atoms with E-state index in [1.54, 1.807) is 0 Å². The number of hydrogen-bond donors (Lipinski definition) is 0. The fourth-order valence-corrected chi connectivity index (χ4v) is 5.54. The van der Waals surface area contributed by atoms with Gasteiger partial charge in [-0.1, -0.05) is 13.3 Å². The number of thiophene rings is 1. The molecule has 0 aromatic carbocycles. The zero-order valence-corrected chi connectivity index (χ0v) is 16.9. The molecule has 6 nitrogen and oxygen atoms in total. The van der Waals surface area contributed by atoms with Crippen LogP contribution in [0.5, 0.6) is 0 Å². The number of aryl methyl sites for hydroxylation is 5. The molecule has 140 valence electrons. The van der Waals surface area contributed by atoms with E-state index in [-0.39, 0.29) is 0 Å². The molecular formula is C20H24N6S. The van der Waals surface area contributed by atoms with Gasteiger partial charge in [-0.2, -0.15) is 5.10 Å². The van der Waals surface area contributed by atoms with Gasteiger partial charge in [0.15, 0.2) is 11.5 Å². The molecule has 7 heteroatoms. The van der Waals surface area contributed by atoms with Gasteiger partial charge in [-0.25, -0.2) is 14.5 Å². The highest BCUT2D eigenvalue weighted by atomic mass is 32.1. The molecule has 0 saturated carbocycles. The van der Waals surface area contributed by atoms with Crippen LogP contribution in [-0.4, -0.2) is 29.4 Å². The van der Waals surface area contributed by atoms with Crippen LogP contribution < -0.4 is 0 Å². The summed E-state index contributed by atoms with van der Waals surface area (Å²) in [6.45, 7) is 7.21. The smallest absolute Gasteiger partial charge is 0.167 e. The lowest BCUT2D eigenvalue weighted by molar-refractivity contribution is 0.451. The molecule has 4 aromatic heterocycles. The molecule has 27 heavy (non-hydrogen) atoms. The number of fused-ring (bicyclic) bond motifs is 5. The minimum absolute atomic E-state index is 0.773. The predicted molar refractivity (Wildman–Crippen MR) is 107 cm³/mol. The largest absolute Gasteiger partial charge is 0.269 e.